The zero-order valence-electron chi connectivity index (χ0n) is 14.3. The van der Waals surface area contributed by atoms with Gasteiger partial charge in [0.2, 0.25) is 0 Å². The smallest absolute Gasteiger partial charge is 0.134 e. The van der Waals surface area contributed by atoms with Crippen molar-refractivity contribution in [1.82, 2.24) is 15.1 Å². The molecule has 0 N–H and O–H groups in total. The molecule has 1 aliphatic heterocycles. The predicted octanol–water partition coefficient (Wildman–Crippen LogP) is 4.23. The average Bonchev–Trinajstić information content (AvgIpc) is 3.18. The minimum absolute atomic E-state index is 0.709. The summed E-state index contributed by atoms with van der Waals surface area (Å²) >= 11 is 0. The first-order valence-electron chi connectivity index (χ1n) is 8.76. The fraction of sp³-hybridized carbons (Fsp3) is 0.400. The molecule has 1 aromatic carbocycles. The first kappa shape index (κ1) is 15.3. The third-order valence-corrected chi connectivity index (χ3v) is 5.00. The van der Waals surface area contributed by atoms with Gasteiger partial charge in [-0.25, -0.2) is 0 Å². The molecule has 0 radical (unpaired) electrons. The van der Waals surface area contributed by atoms with Gasteiger partial charge in [0.05, 0.1) is 11.4 Å². The van der Waals surface area contributed by atoms with Crippen LogP contribution in [0, 0.1) is 6.92 Å². The molecule has 0 amide bonds. The summed E-state index contributed by atoms with van der Waals surface area (Å²) in [5, 5.41) is 9.55. The van der Waals surface area contributed by atoms with E-state index in [0.717, 1.165) is 46.6 Å². The van der Waals surface area contributed by atoms with Crippen LogP contribution in [0.4, 0.5) is 0 Å². The van der Waals surface area contributed by atoms with Crippen LogP contribution in [0.1, 0.15) is 31.2 Å². The second-order valence-corrected chi connectivity index (χ2v) is 6.80. The lowest BCUT2D eigenvalue weighted by molar-refractivity contribution is 0.266. The van der Waals surface area contributed by atoms with Crippen molar-refractivity contribution in [2.24, 2.45) is 0 Å². The van der Waals surface area contributed by atoms with E-state index in [1.165, 1.54) is 19.4 Å². The SMILES string of the molecule is Cc1ccc(-c2ccc3cc(CCN4CCCC4C)oc3c2)nn1. The van der Waals surface area contributed by atoms with Crippen LogP contribution < -0.4 is 0 Å². The highest BCUT2D eigenvalue weighted by atomic mass is 16.3. The number of rotatable bonds is 4. The summed E-state index contributed by atoms with van der Waals surface area (Å²) in [4.78, 5) is 2.56. The molecule has 2 aromatic heterocycles. The molecule has 4 nitrogen and oxygen atoms in total. The lowest BCUT2D eigenvalue weighted by atomic mass is 10.1. The van der Waals surface area contributed by atoms with Gasteiger partial charge in [0, 0.05) is 30.0 Å². The number of fused-ring (bicyclic) bond motifs is 1. The van der Waals surface area contributed by atoms with Crippen molar-refractivity contribution >= 4 is 11.0 Å². The van der Waals surface area contributed by atoms with Crippen LogP contribution in [0.25, 0.3) is 22.2 Å². The van der Waals surface area contributed by atoms with Crippen LogP contribution in [0.2, 0.25) is 0 Å². The van der Waals surface area contributed by atoms with Crippen molar-refractivity contribution in [1.29, 1.82) is 0 Å². The van der Waals surface area contributed by atoms with Crippen molar-refractivity contribution in [3.8, 4) is 11.3 Å². The zero-order valence-corrected chi connectivity index (χ0v) is 14.3. The Balaban J connectivity index is 1.53. The number of hydrogen-bond donors (Lipinski definition) is 0. The van der Waals surface area contributed by atoms with Crippen LogP contribution in [-0.4, -0.2) is 34.2 Å². The number of aromatic nitrogens is 2. The van der Waals surface area contributed by atoms with Gasteiger partial charge in [-0.2, -0.15) is 10.2 Å². The van der Waals surface area contributed by atoms with Gasteiger partial charge in [-0.15, -0.1) is 0 Å². The molecule has 1 fully saturated rings. The molecule has 1 aliphatic rings. The second kappa shape index (κ2) is 6.36. The first-order valence-corrected chi connectivity index (χ1v) is 8.76. The van der Waals surface area contributed by atoms with E-state index >= 15 is 0 Å². The Morgan fingerprint density at radius 1 is 1.17 bits per heavy atom. The largest absolute Gasteiger partial charge is 0.461 e. The quantitative estimate of drug-likeness (QED) is 0.721. The van der Waals surface area contributed by atoms with Crippen LogP contribution >= 0.6 is 0 Å². The van der Waals surface area contributed by atoms with E-state index < -0.39 is 0 Å². The van der Waals surface area contributed by atoms with Gasteiger partial charge in [0.25, 0.3) is 0 Å². The molecule has 24 heavy (non-hydrogen) atoms. The van der Waals surface area contributed by atoms with Crippen LogP contribution in [0.5, 0.6) is 0 Å². The molecule has 4 heteroatoms. The Labute approximate surface area is 142 Å². The number of furan rings is 1. The lowest BCUT2D eigenvalue weighted by Gasteiger charge is -2.19. The predicted molar refractivity (Wildman–Crippen MR) is 96.0 cm³/mol. The van der Waals surface area contributed by atoms with Crippen LogP contribution in [0.15, 0.2) is 40.8 Å². The molecule has 0 spiro atoms. The van der Waals surface area contributed by atoms with Gasteiger partial charge in [0.15, 0.2) is 0 Å². The summed E-state index contributed by atoms with van der Waals surface area (Å²) in [6, 6.07) is 13.1. The Morgan fingerprint density at radius 2 is 2.08 bits per heavy atom. The normalized spacial score (nSPS) is 18.5. The molecule has 0 saturated carbocycles. The average molecular weight is 321 g/mol. The fourth-order valence-corrected chi connectivity index (χ4v) is 3.50. The highest BCUT2D eigenvalue weighted by Crippen LogP contribution is 2.26. The van der Waals surface area contributed by atoms with Crippen LogP contribution in [0.3, 0.4) is 0 Å². The summed E-state index contributed by atoms with van der Waals surface area (Å²) in [7, 11) is 0. The summed E-state index contributed by atoms with van der Waals surface area (Å²) < 4.78 is 6.07. The maximum absolute atomic E-state index is 6.07. The summed E-state index contributed by atoms with van der Waals surface area (Å²) in [5.74, 6) is 1.07. The van der Waals surface area contributed by atoms with Crippen molar-refractivity contribution in [2.45, 2.75) is 39.2 Å². The monoisotopic (exact) mass is 321 g/mol. The number of hydrogen-bond acceptors (Lipinski definition) is 4. The maximum atomic E-state index is 6.07. The minimum Gasteiger partial charge on any atom is -0.461 e. The van der Waals surface area contributed by atoms with Crippen molar-refractivity contribution in [3.05, 3.63) is 47.9 Å². The maximum Gasteiger partial charge on any atom is 0.134 e. The first-order chi connectivity index (χ1) is 11.7. The molecular formula is C20H23N3O. The number of likely N-dealkylation sites (tertiary alicyclic amines) is 1. The van der Waals surface area contributed by atoms with Gasteiger partial charge in [-0.05, 0) is 57.5 Å². The number of nitrogens with zero attached hydrogens (tertiary/aromatic N) is 3. The fourth-order valence-electron chi connectivity index (χ4n) is 3.50. The van der Waals surface area contributed by atoms with E-state index in [1.807, 2.05) is 19.1 Å². The van der Waals surface area contributed by atoms with Gasteiger partial charge >= 0.3 is 0 Å². The van der Waals surface area contributed by atoms with E-state index in [1.54, 1.807) is 0 Å². The molecule has 0 aliphatic carbocycles. The highest BCUT2D eigenvalue weighted by Gasteiger charge is 2.20. The zero-order chi connectivity index (χ0) is 16.5. The van der Waals surface area contributed by atoms with Crippen molar-refractivity contribution in [2.75, 3.05) is 13.1 Å². The molecule has 4 rings (SSSR count). The molecular weight excluding hydrogens is 298 g/mol. The number of aryl methyl sites for hydroxylation is 1. The summed E-state index contributed by atoms with van der Waals surface area (Å²) in [6.45, 7) is 6.56. The van der Waals surface area contributed by atoms with Gasteiger partial charge in [-0.1, -0.05) is 12.1 Å². The lowest BCUT2D eigenvalue weighted by Crippen LogP contribution is -2.28. The van der Waals surface area contributed by atoms with E-state index in [0.29, 0.717) is 6.04 Å². The van der Waals surface area contributed by atoms with Crippen LogP contribution in [-0.2, 0) is 6.42 Å². The summed E-state index contributed by atoms with van der Waals surface area (Å²) in [5.41, 5.74) is 3.78. The number of benzene rings is 1. The Kier molecular flexibility index (Phi) is 4.07. The Hall–Kier alpha value is -2.20. The van der Waals surface area contributed by atoms with E-state index in [-0.39, 0.29) is 0 Å². The van der Waals surface area contributed by atoms with Crippen molar-refractivity contribution in [3.63, 3.8) is 0 Å². The molecule has 1 saturated heterocycles. The van der Waals surface area contributed by atoms with Gasteiger partial charge < -0.3 is 9.32 Å². The second-order valence-electron chi connectivity index (χ2n) is 6.80. The third-order valence-electron chi connectivity index (χ3n) is 5.00. The molecule has 1 unspecified atom stereocenters. The molecule has 124 valence electrons. The van der Waals surface area contributed by atoms with E-state index in [2.05, 4.69) is 46.3 Å². The van der Waals surface area contributed by atoms with Gasteiger partial charge in [0.1, 0.15) is 11.3 Å². The highest BCUT2D eigenvalue weighted by molar-refractivity contribution is 5.83. The topological polar surface area (TPSA) is 42.2 Å². The van der Waals surface area contributed by atoms with Crippen molar-refractivity contribution < 1.29 is 4.42 Å². The Morgan fingerprint density at radius 3 is 2.83 bits per heavy atom. The molecule has 0 bridgehead atoms. The Bertz CT molecular complexity index is 838. The third kappa shape index (κ3) is 3.06. The molecule has 1 atom stereocenters. The van der Waals surface area contributed by atoms with E-state index in [4.69, 9.17) is 4.42 Å². The molecule has 3 heterocycles. The standard InChI is InChI=1S/C20H23N3O/c1-14-5-8-19(22-21-14)16-6-7-17-12-18(24-20(17)13-16)9-11-23-10-3-4-15(23)2/h5-8,12-13,15H,3-4,9-11H2,1-2H3. The summed E-state index contributed by atoms with van der Waals surface area (Å²) in [6.07, 6.45) is 3.61. The minimum atomic E-state index is 0.709. The molecule has 3 aromatic rings. The van der Waals surface area contributed by atoms with E-state index in [9.17, 15) is 0 Å². The van der Waals surface area contributed by atoms with Gasteiger partial charge in [-0.3, -0.25) is 0 Å².